The Morgan fingerprint density at radius 2 is 2.22 bits per heavy atom. The van der Waals surface area contributed by atoms with Crippen molar-refractivity contribution < 1.29 is 0 Å². The highest BCUT2D eigenvalue weighted by atomic mass is 32.2. The van der Waals surface area contributed by atoms with Crippen LogP contribution in [0.3, 0.4) is 0 Å². The quantitative estimate of drug-likeness (QED) is 0.815. The summed E-state index contributed by atoms with van der Waals surface area (Å²) in [5.41, 5.74) is 6.32. The molecule has 102 valence electrons. The first-order valence-corrected chi connectivity index (χ1v) is 7.59. The van der Waals surface area contributed by atoms with Crippen LogP contribution >= 0.6 is 11.8 Å². The van der Waals surface area contributed by atoms with Crippen molar-refractivity contribution in [2.24, 2.45) is 0 Å². The molecule has 0 aliphatic carbocycles. The van der Waals surface area contributed by atoms with Crippen LogP contribution in [0.4, 0.5) is 5.69 Å². The number of hydrogen-bond acceptors (Lipinski definition) is 4. The molecular weight excluding hydrogens is 246 g/mol. The molecule has 1 unspecified atom stereocenters. The van der Waals surface area contributed by atoms with Gasteiger partial charge in [-0.2, -0.15) is 11.8 Å². The summed E-state index contributed by atoms with van der Waals surface area (Å²) in [5.74, 6) is 1.17. The molecule has 0 fully saturated rings. The van der Waals surface area contributed by atoms with Gasteiger partial charge >= 0.3 is 0 Å². The Balaban J connectivity index is 2.49. The zero-order chi connectivity index (χ0) is 13.5. The molecule has 0 bridgehead atoms. The van der Waals surface area contributed by atoms with Crippen molar-refractivity contribution in [3.63, 3.8) is 0 Å². The Bertz CT molecular complexity index is 419. The van der Waals surface area contributed by atoms with Crippen molar-refractivity contribution in [2.45, 2.75) is 25.9 Å². The summed E-state index contributed by atoms with van der Waals surface area (Å²) < 4.78 is 1.67. The molecular formula is C13H23N3OS. The molecule has 1 rings (SSSR count). The van der Waals surface area contributed by atoms with Gasteiger partial charge < -0.3 is 15.2 Å². The number of pyridine rings is 1. The lowest BCUT2D eigenvalue weighted by Gasteiger charge is -2.24. The third kappa shape index (κ3) is 4.74. The Hall–Kier alpha value is -0.940. The maximum Gasteiger partial charge on any atom is 0.250 e. The summed E-state index contributed by atoms with van der Waals surface area (Å²) in [7, 11) is 2.10. The Morgan fingerprint density at radius 1 is 1.50 bits per heavy atom. The summed E-state index contributed by atoms with van der Waals surface area (Å²) >= 11 is 1.87. The van der Waals surface area contributed by atoms with Crippen LogP contribution in [-0.2, 0) is 6.54 Å². The van der Waals surface area contributed by atoms with Crippen molar-refractivity contribution >= 4 is 17.4 Å². The van der Waals surface area contributed by atoms with Gasteiger partial charge in [0, 0.05) is 37.1 Å². The number of likely N-dealkylation sites (N-methyl/N-ethyl adjacent to an activating group) is 1. The van der Waals surface area contributed by atoms with E-state index in [0.29, 0.717) is 18.3 Å². The van der Waals surface area contributed by atoms with E-state index in [1.54, 1.807) is 16.8 Å². The fraction of sp³-hybridized carbons (Fsp3) is 0.615. The van der Waals surface area contributed by atoms with Gasteiger partial charge in [-0.05, 0) is 38.5 Å². The van der Waals surface area contributed by atoms with Crippen molar-refractivity contribution in [3.05, 3.63) is 28.7 Å². The molecule has 0 aliphatic rings. The molecule has 1 heterocycles. The normalized spacial score (nSPS) is 12.9. The monoisotopic (exact) mass is 269 g/mol. The molecule has 0 spiro atoms. The molecule has 2 N–H and O–H groups in total. The minimum absolute atomic E-state index is 0.00867. The standard InChI is InChI=1S/C13H23N3OS/c1-11(6-9-18-3)15(2)7-8-16-10-12(14)4-5-13(16)17/h4-5,10-11H,6-9,14H2,1-3H3. The van der Waals surface area contributed by atoms with E-state index in [4.69, 9.17) is 5.73 Å². The molecule has 0 radical (unpaired) electrons. The topological polar surface area (TPSA) is 51.3 Å². The lowest BCUT2D eigenvalue weighted by molar-refractivity contribution is 0.242. The number of hydrogen-bond donors (Lipinski definition) is 1. The summed E-state index contributed by atoms with van der Waals surface area (Å²) in [4.78, 5) is 13.9. The van der Waals surface area contributed by atoms with E-state index in [9.17, 15) is 4.79 Å². The van der Waals surface area contributed by atoms with E-state index in [1.165, 1.54) is 18.2 Å². The van der Waals surface area contributed by atoms with Crippen LogP contribution in [-0.4, -0.2) is 41.1 Å². The maximum absolute atomic E-state index is 11.6. The zero-order valence-corrected chi connectivity index (χ0v) is 12.2. The molecule has 5 heteroatoms. The van der Waals surface area contributed by atoms with E-state index in [-0.39, 0.29) is 5.56 Å². The molecule has 1 aromatic heterocycles. The molecule has 0 saturated heterocycles. The molecule has 0 saturated carbocycles. The van der Waals surface area contributed by atoms with Gasteiger partial charge in [-0.25, -0.2) is 0 Å². The highest BCUT2D eigenvalue weighted by molar-refractivity contribution is 7.98. The van der Waals surface area contributed by atoms with Crippen LogP contribution in [0.25, 0.3) is 0 Å². The summed E-state index contributed by atoms with van der Waals surface area (Å²) in [6, 6.07) is 3.70. The fourth-order valence-electron chi connectivity index (χ4n) is 1.72. The second-order valence-electron chi connectivity index (χ2n) is 4.61. The molecule has 1 atom stereocenters. The zero-order valence-electron chi connectivity index (χ0n) is 11.4. The van der Waals surface area contributed by atoms with E-state index in [2.05, 4.69) is 25.1 Å². The minimum atomic E-state index is 0.00867. The second-order valence-corrected chi connectivity index (χ2v) is 5.59. The molecule has 1 aromatic rings. The van der Waals surface area contributed by atoms with Crippen LogP contribution in [0, 0.1) is 0 Å². The second kappa shape index (κ2) is 7.48. The number of thioether (sulfide) groups is 1. The average molecular weight is 269 g/mol. The third-order valence-electron chi connectivity index (χ3n) is 3.19. The molecule has 18 heavy (non-hydrogen) atoms. The lowest BCUT2D eigenvalue weighted by Crippen LogP contribution is -2.34. The van der Waals surface area contributed by atoms with Crippen LogP contribution in [0.15, 0.2) is 23.1 Å². The first-order valence-electron chi connectivity index (χ1n) is 6.19. The van der Waals surface area contributed by atoms with E-state index >= 15 is 0 Å². The molecule has 0 amide bonds. The van der Waals surface area contributed by atoms with Gasteiger partial charge in [0.25, 0.3) is 5.56 Å². The molecule has 0 aromatic carbocycles. The highest BCUT2D eigenvalue weighted by Gasteiger charge is 2.08. The number of aromatic nitrogens is 1. The predicted molar refractivity (Wildman–Crippen MR) is 80.2 cm³/mol. The smallest absolute Gasteiger partial charge is 0.250 e. The van der Waals surface area contributed by atoms with Gasteiger partial charge in [0.05, 0.1) is 0 Å². The van der Waals surface area contributed by atoms with Gasteiger partial charge in [-0.3, -0.25) is 4.79 Å². The summed E-state index contributed by atoms with van der Waals surface area (Å²) in [6.07, 6.45) is 5.01. The predicted octanol–water partition coefficient (Wildman–Crippen LogP) is 1.50. The fourth-order valence-corrected chi connectivity index (χ4v) is 2.30. The lowest BCUT2D eigenvalue weighted by atomic mass is 10.2. The van der Waals surface area contributed by atoms with Gasteiger partial charge in [-0.1, -0.05) is 0 Å². The number of anilines is 1. The third-order valence-corrected chi connectivity index (χ3v) is 3.84. The number of nitrogen functional groups attached to an aromatic ring is 1. The number of nitrogens with two attached hydrogens (primary N) is 1. The Morgan fingerprint density at radius 3 is 2.89 bits per heavy atom. The number of nitrogens with zero attached hydrogens (tertiary/aromatic N) is 2. The Labute approximate surface area is 113 Å². The van der Waals surface area contributed by atoms with Crippen LogP contribution in [0.2, 0.25) is 0 Å². The van der Waals surface area contributed by atoms with Gasteiger partial charge in [-0.15, -0.1) is 0 Å². The van der Waals surface area contributed by atoms with E-state index in [0.717, 1.165) is 6.54 Å². The average Bonchev–Trinajstić information content (AvgIpc) is 2.36. The van der Waals surface area contributed by atoms with Gasteiger partial charge in [0.1, 0.15) is 0 Å². The van der Waals surface area contributed by atoms with Crippen molar-refractivity contribution in [2.75, 3.05) is 31.3 Å². The maximum atomic E-state index is 11.6. The summed E-state index contributed by atoms with van der Waals surface area (Å²) in [6.45, 7) is 3.77. The van der Waals surface area contributed by atoms with Crippen molar-refractivity contribution in [3.8, 4) is 0 Å². The van der Waals surface area contributed by atoms with Crippen LogP contribution in [0.1, 0.15) is 13.3 Å². The SMILES string of the molecule is CSCCC(C)N(C)CCn1cc(N)ccc1=O. The summed E-state index contributed by atoms with van der Waals surface area (Å²) in [5, 5.41) is 0. The van der Waals surface area contributed by atoms with Crippen molar-refractivity contribution in [1.29, 1.82) is 0 Å². The molecule has 0 aliphatic heterocycles. The van der Waals surface area contributed by atoms with Crippen LogP contribution in [0.5, 0.6) is 0 Å². The van der Waals surface area contributed by atoms with E-state index < -0.39 is 0 Å². The van der Waals surface area contributed by atoms with Crippen LogP contribution < -0.4 is 11.3 Å². The highest BCUT2D eigenvalue weighted by Crippen LogP contribution is 2.06. The van der Waals surface area contributed by atoms with Gasteiger partial charge in [0.2, 0.25) is 0 Å². The largest absolute Gasteiger partial charge is 0.398 e. The first-order chi connectivity index (χ1) is 8.54. The van der Waals surface area contributed by atoms with Crippen molar-refractivity contribution in [1.82, 2.24) is 9.47 Å². The first kappa shape index (κ1) is 15.1. The Kier molecular flexibility index (Phi) is 6.29. The van der Waals surface area contributed by atoms with E-state index in [1.807, 2.05) is 11.8 Å². The minimum Gasteiger partial charge on any atom is -0.398 e. The van der Waals surface area contributed by atoms with Gasteiger partial charge in [0.15, 0.2) is 0 Å². The molecule has 4 nitrogen and oxygen atoms in total. The number of rotatable bonds is 7.